The summed E-state index contributed by atoms with van der Waals surface area (Å²) < 4.78 is 5.73. The SMILES string of the molecule is CC.CCC1CC[NH+](CCCOc2ccccc2)CC1.O=C(O)C(O)(c1cccs1)c1cccs1. The number of aliphatic carboxylic acids is 1. The fourth-order valence-corrected chi connectivity index (χ4v) is 5.80. The van der Waals surface area contributed by atoms with Crippen LogP contribution in [0.25, 0.3) is 0 Å². The van der Waals surface area contributed by atoms with E-state index in [4.69, 9.17) is 9.84 Å². The highest BCUT2D eigenvalue weighted by Gasteiger charge is 2.42. The first-order valence-corrected chi connectivity index (χ1v) is 14.3. The molecule has 1 aliphatic rings. The first-order valence-electron chi connectivity index (χ1n) is 12.6. The van der Waals surface area contributed by atoms with Gasteiger partial charge in [-0.15, -0.1) is 22.7 Å². The largest absolute Gasteiger partial charge is 0.493 e. The van der Waals surface area contributed by atoms with E-state index >= 15 is 0 Å². The van der Waals surface area contributed by atoms with Crippen molar-refractivity contribution in [2.24, 2.45) is 5.92 Å². The molecule has 7 heteroatoms. The van der Waals surface area contributed by atoms with Gasteiger partial charge in [0, 0.05) is 6.42 Å². The van der Waals surface area contributed by atoms with Crippen LogP contribution < -0.4 is 9.64 Å². The van der Waals surface area contributed by atoms with E-state index in [0.29, 0.717) is 9.75 Å². The van der Waals surface area contributed by atoms with E-state index in [1.165, 1.54) is 68.0 Å². The maximum Gasteiger partial charge on any atom is 0.346 e. The van der Waals surface area contributed by atoms with Gasteiger partial charge in [0.25, 0.3) is 0 Å². The zero-order valence-electron chi connectivity index (χ0n) is 21.1. The molecule has 4 rings (SSSR count). The van der Waals surface area contributed by atoms with Crippen LogP contribution in [-0.2, 0) is 10.4 Å². The summed E-state index contributed by atoms with van der Waals surface area (Å²) in [5.74, 6) is 0.749. The first kappa shape index (κ1) is 29.0. The Kier molecular flexibility index (Phi) is 13.1. The van der Waals surface area contributed by atoms with E-state index in [2.05, 4.69) is 6.92 Å². The minimum atomic E-state index is -1.90. The molecule has 3 aromatic rings. The second-order valence-electron chi connectivity index (χ2n) is 8.34. The Morgan fingerprint density at radius 3 is 2.03 bits per heavy atom. The third-order valence-electron chi connectivity index (χ3n) is 6.14. The average Bonchev–Trinajstić information content (AvgIpc) is 3.64. The summed E-state index contributed by atoms with van der Waals surface area (Å²) in [5, 5.41) is 22.9. The standard InChI is InChI=1S/C16H25NO.C10H8O3S2.C2H6/c1-2-15-9-12-17(13-10-15)11-6-14-18-16-7-4-3-5-8-16;11-9(12)10(13,7-3-1-5-14-7)8-4-2-6-15-8;1-2/h3-5,7-8,15H,2,6,9-14H2,1H3;1-6,13H,(H,11,12);1-2H3/p+1. The molecule has 0 radical (unpaired) electrons. The van der Waals surface area contributed by atoms with Gasteiger partial charge in [0.2, 0.25) is 5.60 Å². The second kappa shape index (κ2) is 15.7. The molecule has 5 nitrogen and oxygen atoms in total. The van der Waals surface area contributed by atoms with Crippen molar-refractivity contribution in [1.82, 2.24) is 0 Å². The molecule has 3 N–H and O–H groups in total. The Morgan fingerprint density at radius 1 is 1.00 bits per heavy atom. The molecular formula is C28H40NO4S2+. The predicted molar refractivity (Wildman–Crippen MR) is 146 cm³/mol. The Morgan fingerprint density at radius 2 is 1.57 bits per heavy atom. The lowest BCUT2D eigenvalue weighted by molar-refractivity contribution is -0.906. The van der Waals surface area contributed by atoms with Gasteiger partial charge in [-0.25, -0.2) is 4.79 Å². The number of carbonyl (C=O) groups is 1. The number of hydrogen-bond acceptors (Lipinski definition) is 5. The highest BCUT2D eigenvalue weighted by atomic mass is 32.1. The van der Waals surface area contributed by atoms with Crippen LogP contribution in [-0.4, -0.2) is 42.4 Å². The van der Waals surface area contributed by atoms with Crippen molar-refractivity contribution in [1.29, 1.82) is 0 Å². The van der Waals surface area contributed by atoms with Gasteiger partial charge in [0.15, 0.2) is 0 Å². The molecule has 0 amide bonds. The van der Waals surface area contributed by atoms with E-state index < -0.39 is 11.6 Å². The number of benzene rings is 1. The summed E-state index contributed by atoms with van der Waals surface area (Å²) in [7, 11) is 0. The Labute approximate surface area is 218 Å². The van der Waals surface area contributed by atoms with E-state index in [-0.39, 0.29) is 0 Å². The fraction of sp³-hybridized carbons (Fsp3) is 0.464. The number of nitrogens with one attached hydrogen (secondary N) is 1. The Hall–Kier alpha value is -2.19. The van der Waals surface area contributed by atoms with Crippen LogP contribution in [0.2, 0.25) is 0 Å². The minimum Gasteiger partial charge on any atom is -0.493 e. The minimum absolute atomic E-state index is 0.428. The number of para-hydroxylation sites is 1. The molecule has 0 aliphatic carbocycles. The lowest BCUT2D eigenvalue weighted by Gasteiger charge is -2.28. The van der Waals surface area contributed by atoms with E-state index in [1.807, 2.05) is 44.2 Å². The molecule has 1 aromatic carbocycles. The van der Waals surface area contributed by atoms with Gasteiger partial charge in [-0.3, -0.25) is 0 Å². The van der Waals surface area contributed by atoms with Gasteiger partial charge in [-0.2, -0.15) is 0 Å². The third kappa shape index (κ3) is 8.76. The van der Waals surface area contributed by atoms with Crippen molar-refractivity contribution in [3.63, 3.8) is 0 Å². The molecule has 0 atom stereocenters. The van der Waals surface area contributed by atoms with Gasteiger partial charge in [0.1, 0.15) is 5.75 Å². The third-order valence-corrected chi connectivity index (χ3v) is 8.10. The van der Waals surface area contributed by atoms with Crippen LogP contribution in [0, 0.1) is 5.92 Å². The number of hydrogen-bond donors (Lipinski definition) is 3. The zero-order chi connectivity index (χ0) is 25.5. The van der Waals surface area contributed by atoms with Crippen LogP contribution in [0.4, 0.5) is 0 Å². The Balaban J connectivity index is 0.000000234. The maximum absolute atomic E-state index is 11.2. The van der Waals surface area contributed by atoms with E-state index in [1.54, 1.807) is 39.9 Å². The van der Waals surface area contributed by atoms with Gasteiger partial charge < -0.3 is 19.8 Å². The van der Waals surface area contributed by atoms with Gasteiger partial charge in [0.05, 0.1) is 36.0 Å². The lowest BCUT2D eigenvalue weighted by Crippen LogP contribution is -3.13. The van der Waals surface area contributed by atoms with Crippen LogP contribution >= 0.6 is 22.7 Å². The predicted octanol–water partition coefficient (Wildman–Crippen LogP) is 5.32. The van der Waals surface area contributed by atoms with Crippen molar-refractivity contribution in [3.05, 3.63) is 75.1 Å². The lowest BCUT2D eigenvalue weighted by atomic mass is 9.94. The number of rotatable bonds is 9. The van der Waals surface area contributed by atoms with Crippen LogP contribution in [0.3, 0.4) is 0 Å². The number of piperidine rings is 1. The van der Waals surface area contributed by atoms with E-state index in [9.17, 15) is 9.90 Å². The molecule has 0 unspecified atom stereocenters. The maximum atomic E-state index is 11.2. The first-order chi connectivity index (χ1) is 17.0. The van der Waals surface area contributed by atoms with Crippen LogP contribution in [0.5, 0.6) is 5.75 Å². The summed E-state index contributed by atoms with van der Waals surface area (Å²) in [4.78, 5) is 13.8. The average molecular weight is 519 g/mol. The number of likely N-dealkylation sites (tertiary alicyclic amines) is 1. The highest BCUT2D eigenvalue weighted by molar-refractivity contribution is 7.12. The molecule has 1 fully saturated rings. The van der Waals surface area contributed by atoms with Crippen molar-refractivity contribution in [3.8, 4) is 5.75 Å². The summed E-state index contributed by atoms with van der Waals surface area (Å²) >= 11 is 2.46. The second-order valence-corrected chi connectivity index (χ2v) is 10.2. The number of aliphatic hydroxyl groups is 1. The molecule has 0 saturated carbocycles. The molecule has 3 heterocycles. The molecule has 0 bridgehead atoms. The van der Waals surface area contributed by atoms with Crippen molar-refractivity contribution in [2.75, 3.05) is 26.2 Å². The van der Waals surface area contributed by atoms with Crippen molar-refractivity contribution >= 4 is 28.6 Å². The van der Waals surface area contributed by atoms with Gasteiger partial charge in [-0.1, -0.05) is 57.5 Å². The highest BCUT2D eigenvalue weighted by Crippen LogP contribution is 2.35. The topological polar surface area (TPSA) is 71.2 Å². The summed E-state index contributed by atoms with van der Waals surface area (Å²) in [6.45, 7) is 11.2. The summed E-state index contributed by atoms with van der Waals surface area (Å²) in [6.07, 6.45) is 5.38. The van der Waals surface area contributed by atoms with Gasteiger partial charge in [-0.05, 0) is 53.8 Å². The molecule has 1 saturated heterocycles. The van der Waals surface area contributed by atoms with E-state index in [0.717, 1.165) is 18.3 Å². The number of ether oxygens (including phenoxy) is 1. The molecule has 35 heavy (non-hydrogen) atoms. The molecular weight excluding hydrogens is 478 g/mol. The van der Waals surface area contributed by atoms with Crippen LogP contribution in [0.1, 0.15) is 56.2 Å². The quantitative estimate of drug-likeness (QED) is 0.336. The van der Waals surface area contributed by atoms with Crippen molar-refractivity contribution in [2.45, 2.75) is 52.1 Å². The zero-order valence-corrected chi connectivity index (χ0v) is 22.7. The monoisotopic (exact) mass is 518 g/mol. The number of carboxylic acid groups (broad SMARTS) is 1. The Bertz CT molecular complexity index is 887. The number of carboxylic acids is 1. The summed E-state index contributed by atoms with van der Waals surface area (Å²) in [6, 6.07) is 16.8. The van der Waals surface area contributed by atoms with Crippen molar-refractivity contribution < 1.29 is 24.6 Å². The van der Waals surface area contributed by atoms with Gasteiger partial charge >= 0.3 is 5.97 Å². The normalized spacial score (nSPS) is 17.4. The molecule has 0 spiro atoms. The fourth-order valence-electron chi connectivity index (χ4n) is 4.07. The molecule has 192 valence electrons. The smallest absolute Gasteiger partial charge is 0.346 e. The summed E-state index contributed by atoms with van der Waals surface area (Å²) in [5.41, 5.74) is -1.90. The van der Waals surface area contributed by atoms with Crippen LogP contribution in [0.15, 0.2) is 65.4 Å². The number of thiophene rings is 2. The molecule has 1 aliphatic heterocycles. The number of quaternary nitrogens is 1. The molecule has 2 aromatic heterocycles.